The second-order valence-corrected chi connectivity index (χ2v) is 9.20. The number of carbonyl (C=O) groups excluding carboxylic acids is 2. The van der Waals surface area contributed by atoms with E-state index in [4.69, 9.17) is 10.6 Å². The third-order valence-electron chi connectivity index (χ3n) is 5.85. The van der Waals surface area contributed by atoms with Crippen molar-refractivity contribution in [1.82, 2.24) is 9.55 Å². The minimum Gasteiger partial charge on any atom is -0.444 e. The zero-order valence-corrected chi connectivity index (χ0v) is 21.3. The highest BCUT2D eigenvalue weighted by molar-refractivity contribution is 5.85. The third kappa shape index (κ3) is 8.10. The lowest BCUT2D eigenvalue weighted by Crippen LogP contribution is -2.24. The van der Waals surface area contributed by atoms with Crippen LogP contribution < -0.4 is 11.2 Å². The average molecular weight is 529 g/mol. The molecule has 0 radical (unpaired) electrons. The smallest absolute Gasteiger partial charge is 0.413 e. The number of aliphatic hydroxyl groups excluding tert-OH is 2. The number of imidazole rings is 1. The van der Waals surface area contributed by atoms with Crippen LogP contribution in [0, 0.1) is 5.82 Å². The molecule has 1 heterocycles. The van der Waals surface area contributed by atoms with Gasteiger partial charge in [0.25, 0.3) is 0 Å². The molecule has 0 bridgehead atoms. The Bertz CT molecular complexity index is 1200. The van der Waals surface area contributed by atoms with Crippen LogP contribution in [0.2, 0.25) is 0 Å². The van der Waals surface area contributed by atoms with Crippen molar-refractivity contribution in [2.24, 2.45) is 5.90 Å². The van der Waals surface area contributed by atoms with Crippen LogP contribution in [-0.2, 0) is 27.5 Å². The number of benzene rings is 2. The van der Waals surface area contributed by atoms with Crippen LogP contribution in [0.3, 0.4) is 0 Å². The van der Waals surface area contributed by atoms with E-state index in [-0.39, 0.29) is 44.1 Å². The highest BCUT2D eigenvalue weighted by Gasteiger charge is 2.24. The Morgan fingerprint density at radius 1 is 1.08 bits per heavy atom. The number of hydrogen-bond donors (Lipinski definition) is 4. The molecule has 3 rings (SSSR count). The summed E-state index contributed by atoms with van der Waals surface area (Å²) >= 11 is 0. The molecule has 0 saturated carbocycles. The van der Waals surface area contributed by atoms with Gasteiger partial charge in [0.15, 0.2) is 5.82 Å². The van der Waals surface area contributed by atoms with Gasteiger partial charge >= 0.3 is 12.1 Å². The summed E-state index contributed by atoms with van der Waals surface area (Å²) in [5, 5.41) is 23.3. The minimum absolute atomic E-state index is 0.0659. The molecule has 1 amide bonds. The molecule has 10 nitrogen and oxygen atoms in total. The number of carbonyl (C=O) groups is 2. The van der Waals surface area contributed by atoms with E-state index in [2.05, 4.69) is 15.1 Å². The van der Waals surface area contributed by atoms with Crippen molar-refractivity contribution < 1.29 is 33.8 Å². The van der Waals surface area contributed by atoms with E-state index in [1.54, 1.807) is 12.1 Å². The molecule has 0 saturated heterocycles. The van der Waals surface area contributed by atoms with Crippen LogP contribution in [-0.4, -0.2) is 44.0 Å². The summed E-state index contributed by atoms with van der Waals surface area (Å²) in [5.74, 6) is 4.28. The largest absolute Gasteiger partial charge is 0.444 e. The van der Waals surface area contributed by atoms with E-state index in [1.807, 2.05) is 48.7 Å². The molecular weight excluding hydrogens is 495 g/mol. The molecule has 0 aliphatic heterocycles. The number of aliphatic hydroxyl groups is 2. The fourth-order valence-corrected chi connectivity index (χ4v) is 4.08. The van der Waals surface area contributed by atoms with E-state index >= 15 is 0 Å². The van der Waals surface area contributed by atoms with Crippen LogP contribution >= 0.6 is 0 Å². The maximum atomic E-state index is 13.6. The van der Waals surface area contributed by atoms with Gasteiger partial charge in [-0.05, 0) is 48.6 Å². The van der Waals surface area contributed by atoms with Crippen molar-refractivity contribution in [1.29, 1.82) is 0 Å². The van der Waals surface area contributed by atoms with Gasteiger partial charge in [-0.1, -0.05) is 44.2 Å². The molecule has 1 aromatic heterocycles. The second-order valence-electron chi connectivity index (χ2n) is 9.20. The Morgan fingerprint density at radius 2 is 1.76 bits per heavy atom. The van der Waals surface area contributed by atoms with Crippen molar-refractivity contribution >= 4 is 17.9 Å². The zero-order chi connectivity index (χ0) is 27.7. The van der Waals surface area contributed by atoms with E-state index in [9.17, 15) is 24.2 Å². The monoisotopic (exact) mass is 528 g/mol. The predicted octanol–water partition coefficient (Wildman–Crippen LogP) is 3.87. The third-order valence-corrected chi connectivity index (χ3v) is 5.85. The first-order valence-electron chi connectivity index (χ1n) is 12.3. The molecule has 0 aliphatic rings. The lowest BCUT2D eigenvalue weighted by molar-refractivity contribution is -0.146. The van der Waals surface area contributed by atoms with Crippen LogP contribution in [0.25, 0.3) is 11.4 Å². The quantitative estimate of drug-likeness (QED) is 0.259. The number of amides is 1. The first-order chi connectivity index (χ1) is 18.2. The predicted molar refractivity (Wildman–Crippen MR) is 138 cm³/mol. The number of halogens is 1. The van der Waals surface area contributed by atoms with E-state index in [0.717, 1.165) is 5.56 Å². The van der Waals surface area contributed by atoms with Gasteiger partial charge in [-0.15, -0.1) is 0 Å². The fourth-order valence-electron chi connectivity index (χ4n) is 4.08. The topological polar surface area (TPSA) is 149 Å². The van der Waals surface area contributed by atoms with Crippen molar-refractivity contribution in [3.63, 3.8) is 0 Å². The number of nitrogens with zero attached hydrogens (tertiary/aromatic N) is 2. The standard InChI is InChI=1S/C27H33FN4O6/c1-17(2)24-25(31-27(36)37-16-18-6-4-3-5-7-18)30-26(19-8-10-20(28)11-9-19)32(24)13-12-21(33)14-22(34)15-23(35)38-29/h3-11,17,21-22,33-34H,12-16,29H2,1-2H3,(H,31,36). The summed E-state index contributed by atoms with van der Waals surface area (Å²) in [6, 6.07) is 15.0. The second kappa shape index (κ2) is 13.7. The minimum atomic E-state index is -1.12. The van der Waals surface area contributed by atoms with Gasteiger partial charge in [-0.3, -0.25) is 10.1 Å². The van der Waals surface area contributed by atoms with E-state index in [0.29, 0.717) is 17.1 Å². The molecule has 2 unspecified atom stereocenters. The van der Waals surface area contributed by atoms with Crippen molar-refractivity contribution in [3.05, 3.63) is 71.7 Å². The first-order valence-corrected chi connectivity index (χ1v) is 12.3. The summed E-state index contributed by atoms with van der Waals surface area (Å²) in [6.07, 6.45) is -2.95. The van der Waals surface area contributed by atoms with Gasteiger partial charge in [0.1, 0.15) is 18.2 Å². The highest BCUT2D eigenvalue weighted by Crippen LogP contribution is 2.32. The number of hydrogen-bond acceptors (Lipinski definition) is 8. The summed E-state index contributed by atoms with van der Waals surface area (Å²) in [4.78, 5) is 32.6. The van der Waals surface area contributed by atoms with Gasteiger partial charge < -0.3 is 24.4 Å². The van der Waals surface area contributed by atoms with Crippen molar-refractivity contribution in [3.8, 4) is 11.4 Å². The highest BCUT2D eigenvalue weighted by atomic mass is 19.1. The molecular formula is C27H33FN4O6. The SMILES string of the molecule is CC(C)c1c(NC(=O)OCc2ccccc2)nc(-c2ccc(F)cc2)n1CCC(O)CC(O)CC(=O)ON. The van der Waals surface area contributed by atoms with Gasteiger partial charge in [-0.25, -0.2) is 14.2 Å². The summed E-state index contributed by atoms with van der Waals surface area (Å²) in [5.41, 5.74) is 2.12. The molecule has 0 fully saturated rings. The molecule has 5 N–H and O–H groups in total. The van der Waals surface area contributed by atoms with Crippen LogP contribution in [0.4, 0.5) is 15.0 Å². The molecule has 38 heavy (non-hydrogen) atoms. The average Bonchev–Trinajstić information content (AvgIpc) is 3.25. The Morgan fingerprint density at radius 3 is 2.39 bits per heavy atom. The summed E-state index contributed by atoms with van der Waals surface area (Å²) in [7, 11) is 0. The number of rotatable bonds is 12. The summed E-state index contributed by atoms with van der Waals surface area (Å²) < 4.78 is 20.8. The van der Waals surface area contributed by atoms with Gasteiger partial charge in [0, 0.05) is 12.1 Å². The number of ether oxygens (including phenoxy) is 1. The number of nitrogens with one attached hydrogen (secondary N) is 1. The Kier molecular flexibility index (Phi) is 10.3. The van der Waals surface area contributed by atoms with Gasteiger partial charge in [0.2, 0.25) is 0 Å². The van der Waals surface area contributed by atoms with Gasteiger partial charge in [0.05, 0.1) is 24.3 Å². The first kappa shape index (κ1) is 28.8. The van der Waals surface area contributed by atoms with Crippen LogP contribution in [0.5, 0.6) is 0 Å². The van der Waals surface area contributed by atoms with Crippen LogP contribution in [0.15, 0.2) is 54.6 Å². The van der Waals surface area contributed by atoms with Crippen molar-refractivity contribution in [2.45, 2.75) is 64.4 Å². The molecule has 2 atom stereocenters. The fraction of sp³-hybridized carbons (Fsp3) is 0.370. The molecule has 3 aromatic rings. The zero-order valence-electron chi connectivity index (χ0n) is 21.3. The molecule has 0 aliphatic carbocycles. The number of aromatic nitrogens is 2. The molecule has 0 spiro atoms. The van der Waals surface area contributed by atoms with Crippen LogP contribution in [0.1, 0.15) is 50.3 Å². The molecule has 204 valence electrons. The Hall–Kier alpha value is -3.80. The summed E-state index contributed by atoms with van der Waals surface area (Å²) in [6.45, 7) is 4.21. The Labute approximate surface area is 220 Å². The van der Waals surface area contributed by atoms with Gasteiger partial charge in [-0.2, -0.15) is 5.90 Å². The lowest BCUT2D eigenvalue weighted by Gasteiger charge is -2.19. The Balaban J connectivity index is 1.82. The van der Waals surface area contributed by atoms with Crippen molar-refractivity contribution in [2.75, 3.05) is 5.32 Å². The maximum absolute atomic E-state index is 13.6. The normalized spacial score (nSPS) is 12.7. The van der Waals surface area contributed by atoms with E-state index in [1.165, 1.54) is 12.1 Å². The maximum Gasteiger partial charge on any atom is 0.413 e. The lowest BCUT2D eigenvalue weighted by atomic mass is 10.1. The number of nitrogens with two attached hydrogens (primary N) is 1. The molecule has 2 aromatic carbocycles. The number of anilines is 1. The van der Waals surface area contributed by atoms with E-state index < -0.39 is 30.1 Å². The molecule has 11 heteroatoms.